The second-order valence-corrected chi connectivity index (χ2v) is 6.91. The van der Waals surface area contributed by atoms with Crippen LogP contribution < -0.4 is 10.6 Å². The van der Waals surface area contributed by atoms with Gasteiger partial charge in [0, 0.05) is 10.5 Å². The Morgan fingerprint density at radius 1 is 1.04 bits per heavy atom. The number of hydrogen-bond acceptors (Lipinski definition) is 4. The van der Waals surface area contributed by atoms with Crippen LogP contribution in [0.3, 0.4) is 0 Å². The maximum atomic E-state index is 12.3. The summed E-state index contributed by atoms with van der Waals surface area (Å²) in [4.78, 5) is 20.8. The van der Waals surface area contributed by atoms with Crippen molar-refractivity contribution < 1.29 is 4.79 Å². The van der Waals surface area contributed by atoms with Crippen LogP contribution >= 0.6 is 15.9 Å². The number of carbonyl (C=O) groups is 1. The lowest BCUT2D eigenvalue weighted by Crippen LogP contribution is -2.20. The molecule has 0 aliphatic heterocycles. The normalized spacial score (nSPS) is 15.5. The molecule has 0 bridgehead atoms. The molecule has 1 aliphatic rings. The largest absolute Gasteiger partial charge is 0.366 e. The van der Waals surface area contributed by atoms with Gasteiger partial charge >= 0.3 is 0 Å². The van der Waals surface area contributed by atoms with Crippen molar-refractivity contribution in [2.45, 2.75) is 44.6 Å². The molecule has 2 N–H and O–H groups in total. The van der Waals surface area contributed by atoms with Crippen molar-refractivity contribution in [1.29, 1.82) is 0 Å². The van der Waals surface area contributed by atoms with E-state index < -0.39 is 0 Å². The quantitative estimate of drug-likeness (QED) is 0.749. The lowest BCUT2D eigenvalue weighted by atomic mass is 10.1. The molecule has 2 aromatic rings. The molecule has 1 saturated carbocycles. The first-order chi connectivity index (χ1) is 11.7. The molecule has 0 radical (unpaired) electrons. The second kappa shape index (κ2) is 8.24. The first kappa shape index (κ1) is 16.9. The molecule has 6 heteroatoms. The molecule has 0 spiro atoms. The number of rotatable bonds is 4. The molecule has 1 fully saturated rings. The Kier molecular flexibility index (Phi) is 5.80. The van der Waals surface area contributed by atoms with Gasteiger partial charge in [-0.15, -0.1) is 0 Å². The van der Waals surface area contributed by atoms with E-state index in [2.05, 4.69) is 36.5 Å². The lowest BCUT2D eigenvalue weighted by molar-refractivity contribution is 0.102. The molecular weight excluding hydrogens is 368 g/mol. The molecule has 1 aromatic carbocycles. The molecule has 0 unspecified atom stereocenters. The minimum atomic E-state index is -0.268. The van der Waals surface area contributed by atoms with Crippen molar-refractivity contribution >= 4 is 33.3 Å². The highest BCUT2D eigenvalue weighted by atomic mass is 79.9. The van der Waals surface area contributed by atoms with E-state index >= 15 is 0 Å². The number of aromatic nitrogens is 2. The number of para-hydroxylation sites is 1. The van der Waals surface area contributed by atoms with Crippen molar-refractivity contribution in [3.63, 3.8) is 0 Å². The summed E-state index contributed by atoms with van der Waals surface area (Å²) in [5.74, 6) is 0.467. The number of carbonyl (C=O) groups excluding carboxylic acids is 1. The fourth-order valence-electron chi connectivity index (χ4n) is 2.90. The Morgan fingerprint density at radius 2 is 1.79 bits per heavy atom. The first-order valence-electron chi connectivity index (χ1n) is 8.37. The number of anilines is 2. The van der Waals surface area contributed by atoms with Crippen LogP contribution in [0.15, 0.2) is 41.1 Å². The van der Waals surface area contributed by atoms with Crippen LogP contribution in [0.1, 0.15) is 49.0 Å². The molecular formula is C18H21BrN4O. The van der Waals surface area contributed by atoms with Gasteiger partial charge in [-0.2, -0.15) is 0 Å². The highest BCUT2D eigenvalue weighted by molar-refractivity contribution is 9.10. The van der Waals surface area contributed by atoms with Gasteiger partial charge in [-0.3, -0.25) is 4.79 Å². The van der Waals surface area contributed by atoms with E-state index in [1.54, 1.807) is 6.20 Å². The zero-order valence-corrected chi connectivity index (χ0v) is 15.1. The van der Waals surface area contributed by atoms with Gasteiger partial charge in [0.25, 0.3) is 5.91 Å². The lowest BCUT2D eigenvalue weighted by Gasteiger charge is -2.16. The standard InChI is InChI=1S/C18H21BrN4O/c19-14-9-5-6-10-15(14)23-18(24)16-11-21-17(12-20-16)22-13-7-3-1-2-4-8-13/h5-6,9-13H,1-4,7-8H2,(H,21,22)(H,23,24). The minimum absolute atomic E-state index is 0.268. The fourth-order valence-corrected chi connectivity index (χ4v) is 3.29. The summed E-state index contributed by atoms with van der Waals surface area (Å²) >= 11 is 3.41. The van der Waals surface area contributed by atoms with Crippen molar-refractivity contribution in [1.82, 2.24) is 9.97 Å². The zero-order chi connectivity index (χ0) is 16.8. The van der Waals surface area contributed by atoms with Crippen LogP contribution in [0.4, 0.5) is 11.5 Å². The highest BCUT2D eigenvalue weighted by Gasteiger charge is 2.14. The minimum Gasteiger partial charge on any atom is -0.366 e. The van der Waals surface area contributed by atoms with Gasteiger partial charge in [0.05, 0.1) is 18.1 Å². The molecule has 1 amide bonds. The summed E-state index contributed by atoms with van der Waals surface area (Å²) in [5.41, 5.74) is 1.02. The average molecular weight is 389 g/mol. The van der Waals surface area contributed by atoms with Crippen molar-refractivity contribution in [3.05, 3.63) is 46.8 Å². The second-order valence-electron chi connectivity index (χ2n) is 6.05. The topological polar surface area (TPSA) is 66.9 Å². The van der Waals surface area contributed by atoms with E-state index in [9.17, 15) is 4.79 Å². The summed E-state index contributed by atoms with van der Waals surface area (Å²) in [7, 11) is 0. The van der Waals surface area contributed by atoms with E-state index in [1.165, 1.54) is 44.7 Å². The Bertz CT molecular complexity index is 682. The van der Waals surface area contributed by atoms with Crippen LogP contribution in [0.25, 0.3) is 0 Å². The molecule has 3 rings (SSSR count). The van der Waals surface area contributed by atoms with E-state index in [1.807, 2.05) is 24.3 Å². The molecule has 1 aliphatic carbocycles. The molecule has 0 saturated heterocycles. The van der Waals surface area contributed by atoms with E-state index in [-0.39, 0.29) is 5.91 Å². The van der Waals surface area contributed by atoms with E-state index in [0.717, 1.165) is 10.3 Å². The Balaban J connectivity index is 1.61. The summed E-state index contributed by atoms with van der Waals surface area (Å²) < 4.78 is 0.831. The number of hydrogen-bond donors (Lipinski definition) is 2. The van der Waals surface area contributed by atoms with Crippen LogP contribution in [-0.2, 0) is 0 Å². The summed E-state index contributed by atoms with van der Waals surface area (Å²) in [6.45, 7) is 0. The number of amides is 1. The van der Waals surface area contributed by atoms with Gasteiger partial charge < -0.3 is 10.6 Å². The van der Waals surface area contributed by atoms with Crippen molar-refractivity contribution in [2.75, 3.05) is 10.6 Å². The third-order valence-electron chi connectivity index (χ3n) is 4.21. The van der Waals surface area contributed by atoms with Gasteiger partial charge in [0.1, 0.15) is 11.5 Å². The highest BCUT2D eigenvalue weighted by Crippen LogP contribution is 2.22. The predicted molar refractivity (Wildman–Crippen MR) is 99.2 cm³/mol. The maximum Gasteiger partial charge on any atom is 0.275 e. The zero-order valence-electron chi connectivity index (χ0n) is 13.5. The molecule has 126 valence electrons. The molecule has 1 heterocycles. The van der Waals surface area contributed by atoms with Crippen LogP contribution in [0.5, 0.6) is 0 Å². The van der Waals surface area contributed by atoms with Gasteiger partial charge in [-0.05, 0) is 40.9 Å². The fraction of sp³-hybridized carbons (Fsp3) is 0.389. The van der Waals surface area contributed by atoms with Crippen molar-refractivity contribution in [2.24, 2.45) is 0 Å². The third kappa shape index (κ3) is 4.54. The average Bonchev–Trinajstić information content (AvgIpc) is 2.86. The summed E-state index contributed by atoms with van der Waals surface area (Å²) in [6, 6.07) is 7.93. The predicted octanol–water partition coefficient (Wildman–Crippen LogP) is 4.63. The van der Waals surface area contributed by atoms with Gasteiger partial charge in [-0.25, -0.2) is 9.97 Å². The number of nitrogens with zero attached hydrogens (tertiary/aromatic N) is 2. The van der Waals surface area contributed by atoms with Gasteiger partial charge in [0.2, 0.25) is 0 Å². The smallest absolute Gasteiger partial charge is 0.275 e. The number of halogens is 1. The molecule has 0 atom stereocenters. The maximum absolute atomic E-state index is 12.3. The van der Waals surface area contributed by atoms with Crippen LogP contribution in [0, 0.1) is 0 Å². The molecule has 24 heavy (non-hydrogen) atoms. The monoisotopic (exact) mass is 388 g/mol. The van der Waals surface area contributed by atoms with Crippen LogP contribution in [0.2, 0.25) is 0 Å². The molecule has 5 nitrogen and oxygen atoms in total. The van der Waals surface area contributed by atoms with Crippen molar-refractivity contribution in [3.8, 4) is 0 Å². The Labute approximate surface area is 150 Å². The number of benzene rings is 1. The van der Waals surface area contributed by atoms with Crippen LogP contribution in [-0.4, -0.2) is 21.9 Å². The van der Waals surface area contributed by atoms with E-state index in [4.69, 9.17) is 0 Å². The first-order valence-corrected chi connectivity index (χ1v) is 9.16. The Morgan fingerprint density at radius 3 is 2.46 bits per heavy atom. The Hall–Kier alpha value is -1.95. The summed E-state index contributed by atoms with van der Waals surface area (Å²) in [6.07, 6.45) is 10.7. The third-order valence-corrected chi connectivity index (χ3v) is 4.91. The molecule has 1 aromatic heterocycles. The summed E-state index contributed by atoms with van der Waals surface area (Å²) in [5, 5.41) is 6.26. The van der Waals surface area contributed by atoms with E-state index in [0.29, 0.717) is 17.4 Å². The van der Waals surface area contributed by atoms with Gasteiger partial charge in [0.15, 0.2) is 0 Å². The SMILES string of the molecule is O=C(Nc1ccccc1Br)c1cnc(NC2CCCCCC2)cn1. The number of nitrogens with one attached hydrogen (secondary N) is 2. The van der Waals surface area contributed by atoms with Gasteiger partial charge in [-0.1, -0.05) is 37.8 Å².